The summed E-state index contributed by atoms with van der Waals surface area (Å²) in [6.07, 6.45) is -3.23. The van der Waals surface area contributed by atoms with Crippen LogP contribution in [-0.4, -0.2) is 36.1 Å². The number of alkyl halides is 3. The van der Waals surface area contributed by atoms with Gasteiger partial charge < -0.3 is 4.90 Å². The Morgan fingerprint density at radius 1 is 0.833 bits per heavy atom. The second kappa shape index (κ2) is 8.66. The summed E-state index contributed by atoms with van der Waals surface area (Å²) in [6, 6.07) is 21.4. The van der Waals surface area contributed by atoms with Gasteiger partial charge in [0, 0.05) is 32.4 Å². The first-order chi connectivity index (χ1) is 14.4. The molecule has 1 saturated heterocycles. The number of nitrogens with zero attached hydrogens (tertiary/aromatic N) is 3. The minimum atomic E-state index is -4.50. The average molecular weight is 432 g/mol. The van der Waals surface area contributed by atoms with Gasteiger partial charge >= 0.3 is 6.18 Å². The van der Waals surface area contributed by atoms with Crippen LogP contribution in [0.2, 0.25) is 5.02 Å². The average Bonchev–Trinajstić information content (AvgIpc) is 2.75. The number of hydrogen-bond acceptors (Lipinski definition) is 3. The Bertz CT molecular complexity index is 932. The Morgan fingerprint density at radius 3 is 1.87 bits per heavy atom. The smallest absolute Gasteiger partial charge is 0.354 e. The van der Waals surface area contributed by atoms with Gasteiger partial charge in [-0.3, -0.25) is 4.90 Å². The van der Waals surface area contributed by atoms with Crippen molar-refractivity contribution in [3.05, 3.63) is 94.6 Å². The van der Waals surface area contributed by atoms with Gasteiger partial charge in [0.05, 0.1) is 16.6 Å². The number of anilines is 1. The third-order valence-corrected chi connectivity index (χ3v) is 5.55. The second-order valence-electron chi connectivity index (χ2n) is 7.27. The topological polar surface area (TPSA) is 19.4 Å². The summed E-state index contributed by atoms with van der Waals surface area (Å²) in [4.78, 5) is 8.02. The van der Waals surface area contributed by atoms with Gasteiger partial charge in [-0.05, 0) is 17.2 Å². The molecular formula is C23H21ClF3N3. The molecule has 7 heteroatoms. The van der Waals surface area contributed by atoms with Crippen LogP contribution in [0.1, 0.15) is 22.7 Å². The summed E-state index contributed by atoms with van der Waals surface area (Å²) in [5.74, 6) is -0.0532. The van der Waals surface area contributed by atoms with E-state index in [1.165, 1.54) is 6.20 Å². The number of aromatic nitrogens is 1. The Morgan fingerprint density at radius 2 is 1.37 bits per heavy atom. The first-order valence-corrected chi connectivity index (χ1v) is 10.1. The van der Waals surface area contributed by atoms with Crippen molar-refractivity contribution in [1.29, 1.82) is 0 Å². The normalized spacial score (nSPS) is 15.6. The van der Waals surface area contributed by atoms with E-state index in [0.717, 1.165) is 17.2 Å². The third-order valence-electron chi connectivity index (χ3n) is 5.35. The molecule has 1 aliphatic rings. The van der Waals surface area contributed by atoms with Gasteiger partial charge in [-0.1, -0.05) is 72.3 Å². The predicted molar refractivity (Wildman–Crippen MR) is 113 cm³/mol. The van der Waals surface area contributed by atoms with Gasteiger partial charge in [-0.25, -0.2) is 4.98 Å². The van der Waals surface area contributed by atoms with Crippen LogP contribution in [0.4, 0.5) is 19.0 Å². The van der Waals surface area contributed by atoms with E-state index in [0.29, 0.717) is 26.2 Å². The van der Waals surface area contributed by atoms with Gasteiger partial charge in [0.25, 0.3) is 0 Å². The maximum Gasteiger partial charge on any atom is 0.420 e. The van der Waals surface area contributed by atoms with Gasteiger partial charge in [0.2, 0.25) is 0 Å². The fourth-order valence-corrected chi connectivity index (χ4v) is 4.13. The fraction of sp³-hybridized carbons (Fsp3) is 0.261. The highest BCUT2D eigenvalue weighted by atomic mass is 35.5. The van der Waals surface area contributed by atoms with Crippen LogP contribution in [0, 0.1) is 0 Å². The number of halogens is 4. The molecule has 0 bridgehead atoms. The van der Waals surface area contributed by atoms with E-state index in [4.69, 9.17) is 11.6 Å². The van der Waals surface area contributed by atoms with E-state index in [1.807, 2.05) is 36.4 Å². The molecule has 0 unspecified atom stereocenters. The number of pyridine rings is 1. The molecule has 2 heterocycles. The van der Waals surface area contributed by atoms with E-state index in [9.17, 15) is 13.2 Å². The molecule has 0 N–H and O–H groups in total. The highest BCUT2D eigenvalue weighted by Gasteiger charge is 2.37. The lowest BCUT2D eigenvalue weighted by atomic mass is 9.96. The van der Waals surface area contributed by atoms with Crippen molar-refractivity contribution in [2.45, 2.75) is 12.2 Å². The third kappa shape index (κ3) is 4.45. The van der Waals surface area contributed by atoms with Crippen molar-refractivity contribution in [1.82, 2.24) is 9.88 Å². The van der Waals surface area contributed by atoms with Crippen LogP contribution in [-0.2, 0) is 6.18 Å². The molecular weight excluding hydrogens is 411 g/mol. The van der Waals surface area contributed by atoms with Crippen molar-refractivity contribution in [3.63, 3.8) is 0 Å². The van der Waals surface area contributed by atoms with E-state index in [2.05, 4.69) is 34.1 Å². The Kier molecular flexibility index (Phi) is 5.97. The van der Waals surface area contributed by atoms with Gasteiger partial charge in [-0.15, -0.1) is 0 Å². The molecule has 1 aromatic heterocycles. The Balaban J connectivity index is 1.58. The van der Waals surface area contributed by atoms with Gasteiger partial charge in [-0.2, -0.15) is 13.2 Å². The lowest BCUT2D eigenvalue weighted by Gasteiger charge is -2.40. The van der Waals surface area contributed by atoms with E-state index in [-0.39, 0.29) is 16.9 Å². The quantitative estimate of drug-likeness (QED) is 0.531. The second-order valence-corrected chi connectivity index (χ2v) is 7.71. The zero-order valence-electron chi connectivity index (χ0n) is 16.2. The first kappa shape index (κ1) is 20.7. The van der Waals surface area contributed by atoms with Gasteiger partial charge in [0.15, 0.2) is 0 Å². The van der Waals surface area contributed by atoms with Crippen LogP contribution in [0.25, 0.3) is 0 Å². The predicted octanol–water partition coefficient (Wildman–Crippen LogP) is 5.67. The molecule has 1 fully saturated rings. The maximum atomic E-state index is 13.5. The Hall–Kier alpha value is -2.57. The van der Waals surface area contributed by atoms with Crippen molar-refractivity contribution < 1.29 is 13.2 Å². The lowest BCUT2D eigenvalue weighted by Crippen LogP contribution is -2.48. The maximum absolute atomic E-state index is 13.5. The molecule has 0 saturated carbocycles. The summed E-state index contributed by atoms with van der Waals surface area (Å²) >= 11 is 5.77. The molecule has 0 radical (unpaired) electrons. The first-order valence-electron chi connectivity index (χ1n) is 9.75. The van der Waals surface area contributed by atoms with Gasteiger partial charge in [0.1, 0.15) is 5.82 Å². The summed E-state index contributed by atoms with van der Waals surface area (Å²) in [6.45, 7) is 2.15. The molecule has 30 heavy (non-hydrogen) atoms. The minimum Gasteiger partial charge on any atom is -0.354 e. The largest absolute Gasteiger partial charge is 0.420 e. The van der Waals surface area contributed by atoms with Crippen molar-refractivity contribution in [2.24, 2.45) is 0 Å². The SMILES string of the molecule is FC(F)(F)c1cc(Cl)cnc1N1CCN(C(c2ccccc2)c2ccccc2)CC1. The Labute approximate surface area is 178 Å². The highest BCUT2D eigenvalue weighted by Crippen LogP contribution is 2.38. The monoisotopic (exact) mass is 431 g/mol. The molecule has 1 aliphatic heterocycles. The molecule has 0 amide bonds. The van der Waals surface area contributed by atoms with Crippen LogP contribution >= 0.6 is 11.6 Å². The van der Waals surface area contributed by atoms with E-state index in [1.54, 1.807) is 4.90 Å². The number of rotatable bonds is 4. The summed E-state index contributed by atoms with van der Waals surface area (Å²) in [7, 11) is 0. The van der Waals surface area contributed by atoms with Crippen LogP contribution in [0.15, 0.2) is 72.9 Å². The van der Waals surface area contributed by atoms with Crippen molar-refractivity contribution >= 4 is 17.4 Å². The summed E-state index contributed by atoms with van der Waals surface area (Å²) < 4.78 is 40.5. The number of benzene rings is 2. The molecule has 156 valence electrons. The fourth-order valence-electron chi connectivity index (χ4n) is 3.97. The molecule has 3 aromatic rings. The lowest BCUT2D eigenvalue weighted by molar-refractivity contribution is -0.137. The molecule has 3 nitrogen and oxygen atoms in total. The summed E-state index contributed by atoms with van der Waals surface area (Å²) in [5, 5.41) is -0.0158. The molecule has 2 aromatic carbocycles. The zero-order valence-corrected chi connectivity index (χ0v) is 16.9. The van der Waals surface area contributed by atoms with Crippen molar-refractivity contribution in [3.8, 4) is 0 Å². The van der Waals surface area contributed by atoms with Crippen molar-refractivity contribution in [2.75, 3.05) is 31.1 Å². The summed E-state index contributed by atoms with van der Waals surface area (Å²) in [5.41, 5.74) is 1.54. The standard InChI is InChI=1S/C23H21ClF3N3/c24-19-15-20(23(25,26)27)22(28-16-19)30-13-11-29(12-14-30)21(17-7-3-1-4-8-17)18-9-5-2-6-10-18/h1-10,15-16,21H,11-14H2. The number of hydrogen-bond donors (Lipinski definition) is 0. The van der Waals surface area contributed by atoms with Crippen LogP contribution in [0.3, 0.4) is 0 Å². The van der Waals surface area contributed by atoms with Crippen LogP contribution < -0.4 is 4.90 Å². The zero-order chi connectivity index (χ0) is 21.1. The minimum absolute atomic E-state index is 0.0158. The van der Waals surface area contributed by atoms with E-state index < -0.39 is 11.7 Å². The highest BCUT2D eigenvalue weighted by molar-refractivity contribution is 6.30. The van der Waals surface area contributed by atoms with Crippen LogP contribution in [0.5, 0.6) is 0 Å². The molecule has 0 atom stereocenters. The number of piperazine rings is 1. The molecule has 0 spiro atoms. The van der Waals surface area contributed by atoms with E-state index >= 15 is 0 Å². The molecule has 0 aliphatic carbocycles. The molecule has 4 rings (SSSR count).